The number of pyridine rings is 2. The standard InChI is InChI=1S/C21H19NS.C21H18NS.C11H14O2.C11H12O2.Ir/c2*1-21(2,3)15-10-8-14(9-11-15)19-17-12-13-23-20(17)16-6-4-5-7-18(16)22-19;2*1-8(12)11(9(2)13)10-6-4-3-5-7-10;/h4-13H,1-3H3;4-8,10-13H,1-3H3;3-8,12-13H,1-2H3;3-7,11H,1-2H3;/q;-1;;;. The van der Waals surface area contributed by atoms with Crippen molar-refractivity contribution in [1.82, 2.24) is 9.97 Å². The van der Waals surface area contributed by atoms with Crippen LogP contribution in [0.15, 0.2) is 180 Å². The molecule has 0 bridgehead atoms. The predicted molar refractivity (Wildman–Crippen MR) is 305 cm³/mol. The summed E-state index contributed by atoms with van der Waals surface area (Å²) in [6.07, 6.45) is -0.646. The molecule has 1 atom stereocenters. The molecule has 6 nitrogen and oxygen atoms in total. The molecule has 9 heteroatoms. The van der Waals surface area contributed by atoms with Crippen molar-refractivity contribution >= 4 is 81.8 Å². The van der Waals surface area contributed by atoms with Crippen LogP contribution in [0.1, 0.15) is 97.4 Å². The Labute approximate surface area is 451 Å². The van der Waals surface area contributed by atoms with Crippen molar-refractivity contribution in [2.45, 2.75) is 92.1 Å². The van der Waals surface area contributed by atoms with Crippen LogP contribution in [0, 0.1) is 6.07 Å². The van der Waals surface area contributed by atoms with Crippen LogP contribution < -0.4 is 0 Å². The van der Waals surface area contributed by atoms with E-state index in [0.717, 1.165) is 39.1 Å². The normalized spacial score (nSPS) is 12.1. The fourth-order valence-corrected chi connectivity index (χ4v) is 10.5. The number of carbonyl (C=O) groups excluding carboxylic acids is 2. The first-order valence-electron chi connectivity index (χ1n) is 24.2. The topological polar surface area (TPSA) is 100 Å². The second-order valence-corrected chi connectivity index (χ2v) is 21.8. The molecule has 0 fully saturated rings. The number of hydrogen-bond acceptors (Lipinski definition) is 8. The molecular formula is C64H63IrN2O4S2-. The zero-order chi connectivity index (χ0) is 51.7. The molecule has 0 aliphatic carbocycles. The number of aromatic nitrogens is 2. The molecular weight excluding hydrogens is 1120 g/mol. The molecule has 1 unspecified atom stereocenters. The Balaban J connectivity index is 0.000000164. The Bertz CT molecular complexity index is 3290. The van der Waals surface area contributed by atoms with E-state index in [1.807, 2.05) is 54.6 Å². The van der Waals surface area contributed by atoms with E-state index in [-0.39, 0.29) is 48.3 Å². The fraction of sp³-hybridized carbons (Fsp3) is 0.219. The first-order chi connectivity index (χ1) is 34.3. The van der Waals surface area contributed by atoms with E-state index in [1.54, 1.807) is 48.7 Å². The van der Waals surface area contributed by atoms with Crippen molar-refractivity contribution in [1.29, 1.82) is 0 Å². The van der Waals surface area contributed by atoms with Crippen LogP contribution in [-0.2, 0) is 40.5 Å². The third-order valence-corrected chi connectivity index (χ3v) is 14.3. The van der Waals surface area contributed by atoms with E-state index in [2.05, 4.69) is 155 Å². The molecule has 6 aromatic carbocycles. The summed E-state index contributed by atoms with van der Waals surface area (Å²) < 4.78 is 2.63. The number of para-hydroxylation sites is 2. The second kappa shape index (κ2) is 24.5. The molecule has 10 rings (SSSR count). The molecule has 4 heterocycles. The van der Waals surface area contributed by atoms with Gasteiger partial charge in [-0.2, -0.15) is 0 Å². The number of fused-ring (bicyclic) bond motifs is 6. The number of allylic oxidation sites excluding steroid dienone is 1. The predicted octanol–water partition coefficient (Wildman–Crippen LogP) is 16.9. The zero-order valence-corrected chi connectivity index (χ0v) is 47.2. The number of aliphatic hydroxyl groups excluding tert-OH is 2. The van der Waals surface area contributed by atoms with Crippen molar-refractivity contribution in [2.75, 3.05) is 0 Å². The largest absolute Gasteiger partial charge is 0.512 e. The van der Waals surface area contributed by atoms with Gasteiger partial charge in [-0.05, 0) is 95.3 Å². The fourth-order valence-electron chi connectivity index (χ4n) is 8.66. The van der Waals surface area contributed by atoms with Gasteiger partial charge in [-0.15, -0.1) is 58.1 Å². The van der Waals surface area contributed by atoms with Crippen LogP contribution in [-0.4, -0.2) is 37.9 Å². The van der Waals surface area contributed by atoms with Gasteiger partial charge < -0.3 is 10.2 Å². The maximum atomic E-state index is 11.2. The van der Waals surface area contributed by atoms with Crippen molar-refractivity contribution in [3.63, 3.8) is 0 Å². The molecule has 0 amide bonds. The average molecular weight is 1180 g/mol. The molecule has 0 spiro atoms. The molecule has 375 valence electrons. The summed E-state index contributed by atoms with van der Waals surface area (Å²) in [6, 6.07) is 58.4. The molecule has 0 aliphatic rings. The van der Waals surface area contributed by atoms with Gasteiger partial charge in [-0.3, -0.25) is 14.6 Å². The Morgan fingerprint density at radius 3 is 1.45 bits per heavy atom. The number of nitrogens with zero attached hydrogens (tertiary/aromatic N) is 2. The van der Waals surface area contributed by atoms with Crippen molar-refractivity contribution in [3.05, 3.63) is 209 Å². The van der Waals surface area contributed by atoms with Crippen LogP contribution >= 0.6 is 22.7 Å². The average Bonchev–Trinajstić information content (AvgIpc) is 4.06. The summed E-state index contributed by atoms with van der Waals surface area (Å²) in [5.41, 5.74) is 11.7. The van der Waals surface area contributed by atoms with Crippen LogP contribution in [0.25, 0.3) is 70.1 Å². The zero-order valence-electron chi connectivity index (χ0n) is 43.2. The van der Waals surface area contributed by atoms with Gasteiger partial charge in [0, 0.05) is 56.8 Å². The number of ketones is 2. The molecule has 0 saturated heterocycles. The number of aliphatic hydroxyl groups is 2. The van der Waals surface area contributed by atoms with Crippen LogP contribution in [0.3, 0.4) is 0 Å². The monoisotopic (exact) mass is 1180 g/mol. The number of carbonyl (C=O) groups is 2. The first kappa shape index (κ1) is 55.9. The molecule has 4 aromatic heterocycles. The van der Waals surface area contributed by atoms with E-state index in [4.69, 9.17) is 9.97 Å². The Kier molecular flexibility index (Phi) is 18.8. The van der Waals surface area contributed by atoms with Crippen molar-refractivity contribution in [2.24, 2.45) is 0 Å². The van der Waals surface area contributed by atoms with E-state index in [0.29, 0.717) is 5.57 Å². The van der Waals surface area contributed by atoms with Crippen molar-refractivity contribution in [3.8, 4) is 22.5 Å². The van der Waals surface area contributed by atoms with E-state index in [1.165, 1.54) is 61.5 Å². The van der Waals surface area contributed by atoms with Gasteiger partial charge in [0.2, 0.25) is 0 Å². The van der Waals surface area contributed by atoms with E-state index < -0.39 is 12.0 Å². The molecule has 73 heavy (non-hydrogen) atoms. The Morgan fingerprint density at radius 2 is 1.00 bits per heavy atom. The summed E-state index contributed by atoms with van der Waals surface area (Å²) in [6.45, 7) is 19.5. The number of thiophene rings is 2. The third kappa shape index (κ3) is 13.6. The van der Waals surface area contributed by atoms with Crippen LogP contribution in [0.2, 0.25) is 0 Å². The number of hydrogen-bond donors (Lipinski definition) is 2. The minimum Gasteiger partial charge on any atom is -0.512 e. The molecule has 2 N–H and O–H groups in total. The van der Waals surface area contributed by atoms with E-state index in [9.17, 15) is 19.8 Å². The van der Waals surface area contributed by atoms with Gasteiger partial charge in [0.25, 0.3) is 0 Å². The minimum absolute atomic E-state index is 0. The summed E-state index contributed by atoms with van der Waals surface area (Å²) in [7, 11) is 0. The maximum absolute atomic E-state index is 11.2. The second-order valence-electron chi connectivity index (χ2n) is 20.0. The molecule has 1 radical (unpaired) electrons. The molecule has 0 aliphatic heterocycles. The summed E-state index contributed by atoms with van der Waals surface area (Å²) in [5.74, 6) is -0.611. The Morgan fingerprint density at radius 1 is 0.548 bits per heavy atom. The summed E-state index contributed by atoms with van der Waals surface area (Å²) in [5, 5.41) is 28.0. The minimum atomic E-state index is -0.646. The number of benzene rings is 6. The van der Waals surface area contributed by atoms with Crippen molar-refractivity contribution < 1.29 is 39.9 Å². The van der Waals surface area contributed by atoms with Gasteiger partial charge in [-0.25, -0.2) is 4.98 Å². The SMILES string of the molecule is CC(=O)C(C(C)=O)c1ccccc1.CC(C)(C)c1c[c-]c(-c2nc3ccccc3c3sccc23)cc1.CC(C)(C)c1ccc(-c2nc3ccccc3c3sccc23)cc1.CC(O)=C(c1ccccc1)C(C)O.[Ir]. The van der Waals surface area contributed by atoms with Gasteiger partial charge >= 0.3 is 0 Å². The first-order valence-corrected chi connectivity index (χ1v) is 25.9. The summed E-state index contributed by atoms with van der Waals surface area (Å²) >= 11 is 3.57. The third-order valence-electron chi connectivity index (χ3n) is 12.4. The van der Waals surface area contributed by atoms with Gasteiger partial charge in [0.05, 0.1) is 28.6 Å². The maximum Gasteiger partial charge on any atom is 0.144 e. The van der Waals surface area contributed by atoms with Gasteiger partial charge in [0.15, 0.2) is 0 Å². The van der Waals surface area contributed by atoms with Crippen LogP contribution in [0.4, 0.5) is 0 Å². The van der Waals surface area contributed by atoms with Crippen LogP contribution in [0.5, 0.6) is 0 Å². The molecule has 0 saturated carbocycles. The Hall–Kier alpha value is -6.45. The molecule has 10 aromatic rings. The van der Waals surface area contributed by atoms with Gasteiger partial charge in [0.1, 0.15) is 17.5 Å². The number of Topliss-reactive ketones (excluding diaryl/α,β-unsaturated/α-hetero) is 2. The summed E-state index contributed by atoms with van der Waals surface area (Å²) in [4.78, 5) is 32.2. The quantitative estimate of drug-likeness (QED) is 0.0937. The number of rotatable bonds is 7. The van der Waals surface area contributed by atoms with Gasteiger partial charge in [-0.1, -0.05) is 169 Å². The van der Waals surface area contributed by atoms with E-state index >= 15 is 0 Å². The smallest absolute Gasteiger partial charge is 0.144 e.